The Morgan fingerprint density at radius 2 is 2.11 bits per heavy atom. The van der Waals surface area contributed by atoms with E-state index in [4.69, 9.17) is 4.74 Å². The molecule has 0 saturated heterocycles. The summed E-state index contributed by atoms with van der Waals surface area (Å²) in [5, 5.41) is 12.7. The predicted molar refractivity (Wildman–Crippen MR) is 104 cm³/mol. The maximum atomic E-state index is 12.9. The number of hydrogen-bond acceptors (Lipinski definition) is 6. The van der Waals surface area contributed by atoms with Crippen LogP contribution >= 0.6 is 0 Å². The fourth-order valence-corrected chi connectivity index (χ4v) is 3.71. The Morgan fingerprint density at radius 1 is 1.41 bits per heavy atom. The zero-order chi connectivity index (χ0) is 20.2. The van der Waals surface area contributed by atoms with Crippen LogP contribution in [0, 0.1) is 5.92 Å². The predicted octanol–water partition coefficient (Wildman–Crippen LogP) is 0.427. The van der Waals surface area contributed by atoms with E-state index in [9.17, 15) is 18.3 Å². The summed E-state index contributed by atoms with van der Waals surface area (Å²) in [6.07, 6.45) is 0.964. The molecule has 152 valence electrons. The summed E-state index contributed by atoms with van der Waals surface area (Å²) in [6, 6.07) is 4.63. The molecule has 8 nitrogen and oxygen atoms in total. The van der Waals surface area contributed by atoms with Gasteiger partial charge in [0, 0.05) is 30.3 Å². The molecule has 0 aromatic heterocycles. The van der Waals surface area contributed by atoms with Crippen LogP contribution in [-0.2, 0) is 21.2 Å². The van der Waals surface area contributed by atoms with E-state index in [0.717, 1.165) is 6.26 Å². The van der Waals surface area contributed by atoms with Gasteiger partial charge in [0.05, 0.1) is 25.3 Å². The number of aliphatic hydroxyl groups is 1. The van der Waals surface area contributed by atoms with Gasteiger partial charge in [0.25, 0.3) is 0 Å². The largest absolute Gasteiger partial charge is 0.488 e. The van der Waals surface area contributed by atoms with Gasteiger partial charge < -0.3 is 20.1 Å². The van der Waals surface area contributed by atoms with E-state index in [1.807, 2.05) is 14.0 Å². The third kappa shape index (κ3) is 5.82. The van der Waals surface area contributed by atoms with Gasteiger partial charge in [-0.25, -0.2) is 8.42 Å². The second kappa shape index (κ2) is 8.90. The fraction of sp³-hybridized carbons (Fsp3) is 0.611. The monoisotopic (exact) mass is 399 g/mol. The van der Waals surface area contributed by atoms with Gasteiger partial charge in [-0.05, 0) is 32.2 Å². The zero-order valence-electron chi connectivity index (χ0n) is 16.2. The number of ether oxygens (including phenoxy) is 1. The second-order valence-corrected chi connectivity index (χ2v) is 8.89. The highest BCUT2D eigenvalue weighted by Crippen LogP contribution is 2.29. The van der Waals surface area contributed by atoms with Crippen LogP contribution in [0.1, 0.15) is 19.4 Å². The summed E-state index contributed by atoms with van der Waals surface area (Å²) in [4.78, 5) is 14.6. The second-order valence-electron chi connectivity index (χ2n) is 7.14. The van der Waals surface area contributed by atoms with E-state index in [1.54, 1.807) is 30.0 Å². The number of rotatable bonds is 6. The number of likely N-dealkylation sites (N-methyl/N-ethyl adjacent to an activating group) is 1. The number of nitrogens with zero attached hydrogens (tertiary/aromatic N) is 1. The van der Waals surface area contributed by atoms with Gasteiger partial charge in [-0.1, -0.05) is 6.92 Å². The molecular weight excluding hydrogens is 370 g/mol. The van der Waals surface area contributed by atoms with Gasteiger partial charge >= 0.3 is 0 Å². The molecule has 0 bridgehead atoms. The number of nitrogens with one attached hydrogen (secondary N) is 2. The van der Waals surface area contributed by atoms with E-state index < -0.39 is 10.0 Å². The van der Waals surface area contributed by atoms with Gasteiger partial charge in [-0.15, -0.1) is 0 Å². The van der Waals surface area contributed by atoms with Crippen LogP contribution in [0.4, 0.5) is 5.69 Å². The van der Waals surface area contributed by atoms with Crippen LogP contribution in [0.3, 0.4) is 0 Å². The van der Waals surface area contributed by atoms with Crippen molar-refractivity contribution in [3.05, 3.63) is 23.8 Å². The summed E-state index contributed by atoms with van der Waals surface area (Å²) in [5.41, 5.74) is 0.992. The highest BCUT2D eigenvalue weighted by atomic mass is 32.2. The molecule has 2 rings (SSSR count). The highest BCUT2D eigenvalue weighted by molar-refractivity contribution is 7.92. The first-order valence-corrected chi connectivity index (χ1v) is 10.9. The van der Waals surface area contributed by atoms with Crippen LogP contribution < -0.4 is 14.8 Å². The van der Waals surface area contributed by atoms with E-state index in [-0.39, 0.29) is 37.0 Å². The molecular formula is C18H29N3O5S. The van der Waals surface area contributed by atoms with E-state index in [2.05, 4.69) is 10.0 Å². The number of fused-ring (bicyclic) bond motifs is 1. The van der Waals surface area contributed by atoms with Gasteiger partial charge in [0.2, 0.25) is 15.9 Å². The molecule has 9 heteroatoms. The van der Waals surface area contributed by atoms with Crippen LogP contribution in [0.25, 0.3) is 0 Å². The first-order valence-electron chi connectivity index (χ1n) is 8.97. The van der Waals surface area contributed by atoms with Crippen molar-refractivity contribution in [2.75, 3.05) is 37.7 Å². The van der Waals surface area contributed by atoms with E-state index in [0.29, 0.717) is 30.1 Å². The third-order valence-electron chi connectivity index (χ3n) is 4.63. The summed E-state index contributed by atoms with van der Waals surface area (Å²) >= 11 is 0. The van der Waals surface area contributed by atoms with Crippen LogP contribution in [-0.4, -0.2) is 69.5 Å². The molecule has 27 heavy (non-hydrogen) atoms. The normalized spacial score (nSPS) is 22.1. The molecule has 1 heterocycles. The number of carbonyl (C=O) groups is 1. The van der Waals surface area contributed by atoms with Gasteiger partial charge in [0.1, 0.15) is 11.9 Å². The molecule has 0 aliphatic carbocycles. The SMILES string of the molecule is CNC[C@H]1Oc2ccc(NS(C)(=O)=O)cc2CC(=O)N([C@H](C)CO)C[C@H]1C. The smallest absolute Gasteiger partial charge is 0.229 e. The van der Waals surface area contributed by atoms with Crippen molar-refractivity contribution in [2.45, 2.75) is 32.4 Å². The number of carbonyl (C=O) groups excluding carboxylic acids is 1. The molecule has 1 aromatic rings. The van der Waals surface area contributed by atoms with Crippen molar-refractivity contribution in [3.8, 4) is 5.75 Å². The van der Waals surface area contributed by atoms with Crippen LogP contribution in [0.2, 0.25) is 0 Å². The van der Waals surface area contributed by atoms with Crippen molar-refractivity contribution in [1.82, 2.24) is 10.2 Å². The minimum Gasteiger partial charge on any atom is -0.488 e. The number of aliphatic hydroxyl groups excluding tert-OH is 1. The number of anilines is 1. The molecule has 0 fully saturated rings. The van der Waals surface area contributed by atoms with Crippen LogP contribution in [0.15, 0.2) is 18.2 Å². The van der Waals surface area contributed by atoms with Crippen molar-refractivity contribution in [3.63, 3.8) is 0 Å². The topological polar surface area (TPSA) is 108 Å². The lowest BCUT2D eigenvalue weighted by molar-refractivity contribution is -0.134. The van der Waals surface area contributed by atoms with Crippen molar-refractivity contribution >= 4 is 21.6 Å². The summed E-state index contributed by atoms with van der Waals surface area (Å²) in [7, 11) is -1.59. The summed E-state index contributed by atoms with van der Waals surface area (Å²) < 4.78 is 31.6. The lowest BCUT2D eigenvalue weighted by atomic mass is 10.0. The molecule has 3 atom stereocenters. The minimum absolute atomic E-state index is 0.0372. The van der Waals surface area contributed by atoms with Crippen LogP contribution in [0.5, 0.6) is 5.75 Å². The van der Waals surface area contributed by atoms with E-state index >= 15 is 0 Å². The molecule has 1 aliphatic rings. The van der Waals surface area contributed by atoms with Crippen molar-refractivity contribution < 1.29 is 23.1 Å². The van der Waals surface area contributed by atoms with Gasteiger partial charge in [-0.3, -0.25) is 9.52 Å². The maximum absolute atomic E-state index is 12.9. The fourth-order valence-electron chi connectivity index (χ4n) is 3.15. The number of amides is 1. The van der Waals surface area contributed by atoms with Crippen molar-refractivity contribution in [1.29, 1.82) is 0 Å². The third-order valence-corrected chi connectivity index (χ3v) is 5.23. The van der Waals surface area contributed by atoms with Gasteiger partial charge in [0.15, 0.2) is 0 Å². The van der Waals surface area contributed by atoms with Gasteiger partial charge in [-0.2, -0.15) is 0 Å². The Balaban J connectivity index is 2.45. The lowest BCUT2D eigenvalue weighted by Gasteiger charge is -2.32. The minimum atomic E-state index is -3.43. The number of benzene rings is 1. The Hall–Kier alpha value is -1.84. The first kappa shape index (κ1) is 21.5. The average Bonchev–Trinajstić information content (AvgIpc) is 2.62. The Kier molecular flexibility index (Phi) is 7.07. The Morgan fingerprint density at radius 3 is 2.70 bits per heavy atom. The quantitative estimate of drug-likeness (QED) is 0.640. The maximum Gasteiger partial charge on any atom is 0.229 e. The highest BCUT2D eigenvalue weighted by Gasteiger charge is 2.30. The molecule has 0 saturated carbocycles. The first-order chi connectivity index (χ1) is 12.6. The summed E-state index contributed by atoms with van der Waals surface area (Å²) in [5.74, 6) is 0.470. The van der Waals surface area contributed by atoms with Crippen molar-refractivity contribution in [2.24, 2.45) is 5.92 Å². The number of sulfonamides is 1. The molecule has 0 radical (unpaired) electrons. The standard InChI is InChI=1S/C18H29N3O5S/c1-12-10-21(13(2)11-22)18(23)8-14-7-15(20-27(4,24)25)5-6-16(14)26-17(12)9-19-3/h5-7,12-13,17,19-20,22H,8-11H2,1-4H3/t12-,13-,17-/m1/s1. The number of hydrogen-bond donors (Lipinski definition) is 3. The Bertz CT molecular complexity index is 768. The molecule has 1 amide bonds. The van der Waals surface area contributed by atoms with E-state index in [1.165, 1.54) is 0 Å². The molecule has 0 spiro atoms. The zero-order valence-corrected chi connectivity index (χ0v) is 17.0. The Labute approximate surface area is 160 Å². The molecule has 3 N–H and O–H groups in total. The molecule has 1 aliphatic heterocycles. The molecule has 0 unspecified atom stereocenters. The summed E-state index contributed by atoms with van der Waals surface area (Å²) in [6.45, 7) is 4.75. The lowest BCUT2D eigenvalue weighted by Crippen LogP contribution is -2.47. The molecule has 1 aromatic carbocycles. The average molecular weight is 400 g/mol.